The molecule has 1 saturated carbocycles. The van der Waals surface area contributed by atoms with E-state index in [1.54, 1.807) is 6.26 Å². The van der Waals surface area contributed by atoms with Crippen LogP contribution in [0.5, 0.6) is 11.5 Å². The molecule has 1 aliphatic heterocycles. The minimum Gasteiger partial charge on any atom is -0.468 e. The summed E-state index contributed by atoms with van der Waals surface area (Å²) in [4.78, 5) is 18.1. The molecule has 0 bridgehead atoms. The molecule has 2 aliphatic rings. The third kappa shape index (κ3) is 4.16. The number of aromatic nitrogens is 5. The summed E-state index contributed by atoms with van der Waals surface area (Å²) < 4.78 is 18.5. The fourth-order valence-corrected chi connectivity index (χ4v) is 4.92. The van der Waals surface area contributed by atoms with Gasteiger partial charge >= 0.3 is 0 Å². The molecule has 176 valence electrons. The van der Waals surface area contributed by atoms with Crippen LogP contribution in [0.15, 0.2) is 45.8 Å². The SMILES string of the molecule is O=c1[nH]c2cc3c(cc2cc1CN(Cc1ccco1)Cc1nnnn1C1CCCCC1)OCO3. The van der Waals surface area contributed by atoms with Crippen molar-refractivity contribution in [2.75, 3.05) is 6.79 Å². The van der Waals surface area contributed by atoms with Gasteiger partial charge in [0.05, 0.1) is 30.9 Å². The second-order valence-corrected chi connectivity index (χ2v) is 8.97. The topological polar surface area (TPSA) is 111 Å². The molecular formula is C24H26N6O4. The third-order valence-corrected chi connectivity index (χ3v) is 6.61. The Labute approximate surface area is 195 Å². The minimum atomic E-state index is -0.136. The summed E-state index contributed by atoms with van der Waals surface area (Å²) in [6.07, 6.45) is 7.51. The van der Waals surface area contributed by atoms with Gasteiger partial charge in [0.2, 0.25) is 6.79 Å². The standard InChI is InChI=1S/C24H26N6O4/c31-24-17(9-16-10-21-22(34-15-33-21)11-20(16)25-24)12-29(13-19-7-4-8-32-19)14-23-26-27-28-30(23)18-5-2-1-3-6-18/h4,7-11,18H,1-3,5-6,12-15H2,(H,25,31). The molecule has 1 fully saturated rings. The van der Waals surface area contributed by atoms with E-state index >= 15 is 0 Å². The maximum atomic E-state index is 13.0. The molecule has 1 N–H and O–H groups in total. The Balaban J connectivity index is 1.30. The number of pyridine rings is 1. The first-order valence-corrected chi connectivity index (χ1v) is 11.7. The summed E-state index contributed by atoms with van der Waals surface area (Å²) in [7, 11) is 0. The number of hydrogen-bond acceptors (Lipinski definition) is 8. The number of benzene rings is 1. The maximum absolute atomic E-state index is 13.0. The molecule has 10 nitrogen and oxygen atoms in total. The van der Waals surface area contributed by atoms with Crippen molar-refractivity contribution in [1.29, 1.82) is 0 Å². The Morgan fingerprint density at radius 2 is 1.91 bits per heavy atom. The van der Waals surface area contributed by atoms with Crippen LogP contribution in [0.25, 0.3) is 10.9 Å². The number of nitrogens with zero attached hydrogens (tertiary/aromatic N) is 5. The molecule has 4 aromatic rings. The molecule has 6 rings (SSSR count). The molecule has 3 aromatic heterocycles. The average molecular weight is 463 g/mol. The lowest BCUT2D eigenvalue weighted by Gasteiger charge is -2.25. The lowest BCUT2D eigenvalue weighted by Crippen LogP contribution is -2.28. The average Bonchev–Trinajstić information content (AvgIpc) is 3.61. The monoisotopic (exact) mass is 462 g/mol. The van der Waals surface area contributed by atoms with Crippen molar-refractivity contribution in [1.82, 2.24) is 30.1 Å². The van der Waals surface area contributed by atoms with E-state index in [2.05, 4.69) is 25.4 Å². The number of hydrogen-bond donors (Lipinski definition) is 1. The van der Waals surface area contributed by atoms with Gasteiger partial charge in [0.1, 0.15) is 5.76 Å². The zero-order valence-corrected chi connectivity index (χ0v) is 18.8. The van der Waals surface area contributed by atoms with Crippen LogP contribution in [0.4, 0.5) is 0 Å². The Bertz CT molecular complexity index is 1340. The first-order valence-electron chi connectivity index (χ1n) is 11.7. The van der Waals surface area contributed by atoms with Crippen LogP contribution in [0.2, 0.25) is 0 Å². The second kappa shape index (κ2) is 8.94. The van der Waals surface area contributed by atoms with E-state index in [1.165, 1.54) is 19.3 Å². The van der Waals surface area contributed by atoms with E-state index in [4.69, 9.17) is 13.9 Å². The van der Waals surface area contributed by atoms with E-state index in [0.717, 1.165) is 35.3 Å². The Morgan fingerprint density at radius 1 is 1.06 bits per heavy atom. The lowest BCUT2D eigenvalue weighted by molar-refractivity contribution is 0.174. The van der Waals surface area contributed by atoms with Crippen molar-refractivity contribution >= 4 is 10.9 Å². The smallest absolute Gasteiger partial charge is 0.252 e. The van der Waals surface area contributed by atoms with Crippen molar-refractivity contribution in [3.63, 3.8) is 0 Å². The van der Waals surface area contributed by atoms with Gasteiger partial charge in [-0.1, -0.05) is 19.3 Å². The van der Waals surface area contributed by atoms with Crippen molar-refractivity contribution < 1.29 is 13.9 Å². The van der Waals surface area contributed by atoms with Gasteiger partial charge < -0.3 is 18.9 Å². The molecule has 10 heteroatoms. The minimum absolute atomic E-state index is 0.136. The van der Waals surface area contributed by atoms with Gasteiger partial charge in [0.15, 0.2) is 17.3 Å². The molecule has 0 atom stereocenters. The fraction of sp³-hybridized carbons (Fsp3) is 0.417. The van der Waals surface area contributed by atoms with Crippen LogP contribution in [0.1, 0.15) is 55.3 Å². The van der Waals surface area contributed by atoms with Gasteiger partial charge in [-0.15, -0.1) is 5.10 Å². The summed E-state index contributed by atoms with van der Waals surface area (Å²) in [5.74, 6) is 2.95. The van der Waals surface area contributed by atoms with Gasteiger partial charge in [0, 0.05) is 23.6 Å². The van der Waals surface area contributed by atoms with E-state index in [0.29, 0.717) is 42.7 Å². The highest BCUT2D eigenvalue weighted by Crippen LogP contribution is 2.35. The summed E-state index contributed by atoms with van der Waals surface area (Å²) in [5.41, 5.74) is 1.23. The van der Waals surface area contributed by atoms with E-state index in [1.807, 2.05) is 35.0 Å². The van der Waals surface area contributed by atoms with Gasteiger partial charge in [-0.3, -0.25) is 9.69 Å². The van der Waals surface area contributed by atoms with E-state index in [-0.39, 0.29) is 12.4 Å². The van der Waals surface area contributed by atoms with Crippen LogP contribution in [0, 0.1) is 0 Å². The van der Waals surface area contributed by atoms with Crippen LogP contribution in [-0.2, 0) is 19.6 Å². The lowest BCUT2D eigenvalue weighted by atomic mass is 9.95. The van der Waals surface area contributed by atoms with Crippen molar-refractivity contribution in [3.05, 3.63) is 64.1 Å². The summed E-state index contributed by atoms with van der Waals surface area (Å²) in [5, 5.41) is 13.5. The molecule has 4 heterocycles. The van der Waals surface area contributed by atoms with E-state index < -0.39 is 0 Å². The summed E-state index contributed by atoms with van der Waals surface area (Å²) >= 11 is 0. The number of rotatable bonds is 7. The highest BCUT2D eigenvalue weighted by atomic mass is 16.7. The number of furan rings is 1. The largest absolute Gasteiger partial charge is 0.468 e. The van der Waals surface area contributed by atoms with Gasteiger partial charge in [-0.05, 0) is 47.5 Å². The quantitative estimate of drug-likeness (QED) is 0.444. The number of tetrazole rings is 1. The molecule has 1 aliphatic carbocycles. The molecule has 0 unspecified atom stereocenters. The van der Waals surface area contributed by atoms with Gasteiger partial charge in [-0.2, -0.15) is 0 Å². The number of fused-ring (bicyclic) bond motifs is 2. The number of H-pyrrole nitrogens is 1. The van der Waals surface area contributed by atoms with Crippen LogP contribution < -0.4 is 15.0 Å². The second-order valence-electron chi connectivity index (χ2n) is 8.97. The molecule has 0 amide bonds. The third-order valence-electron chi connectivity index (χ3n) is 6.61. The van der Waals surface area contributed by atoms with Crippen molar-refractivity contribution in [2.45, 2.75) is 57.8 Å². The summed E-state index contributed by atoms with van der Waals surface area (Å²) in [6, 6.07) is 9.75. The first kappa shape index (κ1) is 20.9. The number of aromatic amines is 1. The van der Waals surface area contributed by atoms with Gasteiger partial charge in [0.25, 0.3) is 5.56 Å². The fourth-order valence-electron chi connectivity index (χ4n) is 4.92. The van der Waals surface area contributed by atoms with Crippen molar-refractivity contribution in [3.8, 4) is 11.5 Å². The molecule has 0 radical (unpaired) electrons. The van der Waals surface area contributed by atoms with Crippen LogP contribution in [-0.4, -0.2) is 36.9 Å². The first-order chi connectivity index (χ1) is 16.7. The predicted octanol–water partition coefficient (Wildman–Crippen LogP) is 3.54. The summed E-state index contributed by atoms with van der Waals surface area (Å²) in [6.45, 7) is 1.64. The number of nitrogens with one attached hydrogen (secondary N) is 1. The Morgan fingerprint density at radius 3 is 2.74 bits per heavy atom. The molecule has 34 heavy (non-hydrogen) atoms. The zero-order valence-electron chi connectivity index (χ0n) is 18.8. The highest BCUT2D eigenvalue weighted by Gasteiger charge is 2.23. The Hall–Kier alpha value is -3.66. The maximum Gasteiger partial charge on any atom is 0.252 e. The normalized spacial score (nSPS) is 16.0. The van der Waals surface area contributed by atoms with Crippen LogP contribution >= 0.6 is 0 Å². The predicted molar refractivity (Wildman–Crippen MR) is 122 cm³/mol. The van der Waals surface area contributed by atoms with Crippen LogP contribution in [0.3, 0.4) is 0 Å². The van der Waals surface area contributed by atoms with Gasteiger partial charge in [-0.25, -0.2) is 4.68 Å². The number of ether oxygens (including phenoxy) is 2. The molecular weight excluding hydrogens is 436 g/mol. The molecule has 0 saturated heterocycles. The highest BCUT2D eigenvalue weighted by molar-refractivity contribution is 5.83. The van der Waals surface area contributed by atoms with E-state index in [9.17, 15) is 4.79 Å². The zero-order chi connectivity index (χ0) is 22.9. The molecule has 0 spiro atoms. The molecule has 1 aromatic carbocycles. The Kier molecular flexibility index (Phi) is 5.50. The van der Waals surface area contributed by atoms with Crippen molar-refractivity contribution in [2.24, 2.45) is 0 Å².